The van der Waals surface area contributed by atoms with Gasteiger partial charge in [-0.15, -0.1) is 0 Å². The lowest BCUT2D eigenvalue weighted by atomic mass is 10.2. The second-order valence-electron chi connectivity index (χ2n) is 5.09. The van der Waals surface area contributed by atoms with E-state index in [0.29, 0.717) is 23.2 Å². The summed E-state index contributed by atoms with van der Waals surface area (Å²) in [6.45, 7) is 0.270. The van der Waals surface area contributed by atoms with Crippen molar-refractivity contribution in [2.75, 3.05) is 11.9 Å². The van der Waals surface area contributed by atoms with Crippen LogP contribution in [-0.2, 0) is 6.42 Å². The fourth-order valence-electron chi connectivity index (χ4n) is 2.22. The van der Waals surface area contributed by atoms with Crippen molar-refractivity contribution in [3.8, 4) is 11.4 Å². The predicted molar refractivity (Wildman–Crippen MR) is 90.0 cm³/mol. The van der Waals surface area contributed by atoms with Gasteiger partial charge in [0.1, 0.15) is 5.69 Å². The van der Waals surface area contributed by atoms with E-state index in [1.54, 1.807) is 24.3 Å². The maximum atomic E-state index is 13.5. The van der Waals surface area contributed by atoms with E-state index in [2.05, 4.69) is 15.5 Å². The first-order valence-corrected chi connectivity index (χ1v) is 7.67. The standard InChI is InChI=1S/C16H12ClFN4O3/c17-11-6-4-10(5-7-11)16-20-14(25-21-16)8-9-19-13-3-1-2-12(18)15(13)22(23)24/h1-7,19H,8-9H2. The highest BCUT2D eigenvalue weighted by Crippen LogP contribution is 2.27. The van der Waals surface area contributed by atoms with E-state index in [1.807, 2.05) is 0 Å². The van der Waals surface area contributed by atoms with Gasteiger partial charge in [0.25, 0.3) is 0 Å². The fraction of sp³-hybridized carbons (Fsp3) is 0.125. The predicted octanol–water partition coefficient (Wildman–Crippen LogP) is 4.09. The highest BCUT2D eigenvalue weighted by atomic mass is 35.5. The molecule has 3 aromatic rings. The number of hydrogen-bond acceptors (Lipinski definition) is 6. The number of benzene rings is 2. The monoisotopic (exact) mass is 362 g/mol. The molecule has 0 bridgehead atoms. The fourth-order valence-corrected chi connectivity index (χ4v) is 2.35. The lowest BCUT2D eigenvalue weighted by Crippen LogP contribution is -2.08. The molecule has 3 rings (SSSR count). The molecule has 0 fully saturated rings. The van der Waals surface area contributed by atoms with Crippen LogP contribution in [0.25, 0.3) is 11.4 Å². The number of aromatic nitrogens is 2. The van der Waals surface area contributed by atoms with Gasteiger partial charge in [-0.1, -0.05) is 22.8 Å². The van der Waals surface area contributed by atoms with Crippen molar-refractivity contribution in [2.24, 2.45) is 0 Å². The molecule has 0 saturated carbocycles. The summed E-state index contributed by atoms with van der Waals surface area (Å²) >= 11 is 5.83. The van der Waals surface area contributed by atoms with Crippen LogP contribution in [0, 0.1) is 15.9 Å². The largest absolute Gasteiger partial charge is 0.379 e. The number of para-hydroxylation sites is 1. The Balaban J connectivity index is 1.65. The average Bonchev–Trinajstić information content (AvgIpc) is 3.04. The Morgan fingerprint density at radius 2 is 2.00 bits per heavy atom. The van der Waals surface area contributed by atoms with Gasteiger partial charge in [-0.25, -0.2) is 0 Å². The zero-order valence-corrected chi connectivity index (χ0v) is 13.5. The van der Waals surface area contributed by atoms with Gasteiger partial charge in [0.15, 0.2) is 0 Å². The van der Waals surface area contributed by atoms with Crippen LogP contribution in [-0.4, -0.2) is 21.6 Å². The maximum absolute atomic E-state index is 13.5. The summed E-state index contributed by atoms with van der Waals surface area (Å²) in [6, 6.07) is 10.9. The van der Waals surface area contributed by atoms with Gasteiger partial charge in [0.2, 0.25) is 17.5 Å². The van der Waals surface area contributed by atoms with E-state index in [9.17, 15) is 14.5 Å². The van der Waals surface area contributed by atoms with E-state index < -0.39 is 16.4 Å². The molecule has 0 unspecified atom stereocenters. The third kappa shape index (κ3) is 3.92. The van der Waals surface area contributed by atoms with Crippen LogP contribution in [0.15, 0.2) is 47.0 Å². The van der Waals surface area contributed by atoms with Crippen molar-refractivity contribution >= 4 is 23.0 Å². The molecule has 7 nitrogen and oxygen atoms in total. The molecular weight excluding hydrogens is 351 g/mol. The topological polar surface area (TPSA) is 94.1 Å². The van der Waals surface area contributed by atoms with Crippen LogP contribution in [0.2, 0.25) is 5.02 Å². The molecule has 1 heterocycles. The lowest BCUT2D eigenvalue weighted by molar-refractivity contribution is -0.386. The molecule has 128 valence electrons. The Labute approximate surface area is 146 Å². The first-order valence-electron chi connectivity index (χ1n) is 7.30. The Hall–Kier alpha value is -3.00. The van der Waals surface area contributed by atoms with Gasteiger partial charge in [-0.05, 0) is 36.4 Å². The minimum Gasteiger partial charge on any atom is -0.379 e. The van der Waals surface area contributed by atoms with Gasteiger partial charge in [-0.2, -0.15) is 9.37 Å². The van der Waals surface area contributed by atoms with E-state index in [4.69, 9.17) is 16.1 Å². The summed E-state index contributed by atoms with van der Waals surface area (Å²) in [5, 5.41) is 18.2. The SMILES string of the molecule is O=[N+]([O-])c1c(F)cccc1NCCc1nc(-c2ccc(Cl)cc2)no1. The van der Waals surface area contributed by atoms with Crippen LogP contribution in [0.5, 0.6) is 0 Å². The van der Waals surface area contributed by atoms with Crippen LogP contribution in [0.3, 0.4) is 0 Å². The molecule has 0 spiro atoms. The molecule has 0 atom stereocenters. The number of rotatable bonds is 6. The molecule has 0 aliphatic carbocycles. The van der Waals surface area contributed by atoms with Crippen molar-refractivity contribution in [3.05, 3.63) is 69.3 Å². The van der Waals surface area contributed by atoms with Gasteiger partial charge in [0, 0.05) is 23.6 Å². The molecule has 0 amide bonds. The number of nitro benzene ring substituents is 1. The molecule has 0 aliphatic heterocycles. The summed E-state index contributed by atoms with van der Waals surface area (Å²) < 4.78 is 18.7. The first kappa shape index (κ1) is 16.8. The number of nitrogens with one attached hydrogen (secondary N) is 1. The molecule has 1 aromatic heterocycles. The zero-order valence-electron chi connectivity index (χ0n) is 12.8. The number of nitrogens with zero attached hydrogens (tertiary/aromatic N) is 3. The quantitative estimate of drug-likeness (QED) is 0.524. The Morgan fingerprint density at radius 1 is 1.24 bits per heavy atom. The van der Waals surface area contributed by atoms with Crippen molar-refractivity contribution in [1.82, 2.24) is 10.1 Å². The van der Waals surface area contributed by atoms with E-state index in [1.165, 1.54) is 12.1 Å². The van der Waals surface area contributed by atoms with Crippen molar-refractivity contribution in [1.29, 1.82) is 0 Å². The second kappa shape index (κ2) is 7.27. The summed E-state index contributed by atoms with van der Waals surface area (Å²) in [5.41, 5.74) is 0.269. The first-order chi connectivity index (χ1) is 12.0. The Bertz CT molecular complexity index is 899. The molecule has 25 heavy (non-hydrogen) atoms. The average molecular weight is 363 g/mol. The summed E-state index contributed by atoms with van der Waals surface area (Å²) in [7, 11) is 0. The smallest absolute Gasteiger partial charge is 0.327 e. The van der Waals surface area contributed by atoms with Crippen LogP contribution >= 0.6 is 11.6 Å². The third-order valence-electron chi connectivity index (χ3n) is 3.39. The van der Waals surface area contributed by atoms with Crippen LogP contribution in [0.4, 0.5) is 15.8 Å². The molecular formula is C16H12ClFN4O3. The molecule has 9 heteroatoms. The lowest BCUT2D eigenvalue weighted by Gasteiger charge is -2.05. The number of anilines is 1. The molecule has 0 saturated heterocycles. The van der Waals surface area contributed by atoms with Crippen LogP contribution < -0.4 is 5.32 Å². The van der Waals surface area contributed by atoms with E-state index >= 15 is 0 Å². The minimum atomic E-state index is -0.891. The van der Waals surface area contributed by atoms with E-state index in [0.717, 1.165) is 11.6 Å². The second-order valence-corrected chi connectivity index (χ2v) is 5.52. The highest BCUT2D eigenvalue weighted by molar-refractivity contribution is 6.30. The number of nitro groups is 1. The minimum absolute atomic E-state index is 0.0995. The highest BCUT2D eigenvalue weighted by Gasteiger charge is 2.19. The zero-order chi connectivity index (χ0) is 17.8. The van der Waals surface area contributed by atoms with E-state index in [-0.39, 0.29) is 12.2 Å². The summed E-state index contributed by atoms with van der Waals surface area (Å²) in [4.78, 5) is 14.4. The summed E-state index contributed by atoms with van der Waals surface area (Å²) in [6.07, 6.45) is 0.328. The van der Waals surface area contributed by atoms with Gasteiger partial charge in [0.05, 0.1) is 4.92 Å². The Morgan fingerprint density at radius 3 is 2.72 bits per heavy atom. The van der Waals surface area contributed by atoms with Gasteiger partial charge < -0.3 is 9.84 Å². The van der Waals surface area contributed by atoms with Crippen LogP contribution in [0.1, 0.15) is 5.89 Å². The van der Waals surface area contributed by atoms with Gasteiger partial charge in [-0.3, -0.25) is 10.1 Å². The Kier molecular flexibility index (Phi) is 4.90. The van der Waals surface area contributed by atoms with Crippen molar-refractivity contribution in [3.63, 3.8) is 0 Å². The third-order valence-corrected chi connectivity index (χ3v) is 3.65. The normalized spacial score (nSPS) is 10.6. The van der Waals surface area contributed by atoms with Gasteiger partial charge >= 0.3 is 5.69 Å². The molecule has 1 N–H and O–H groups in total. The maximum Gasteiger partial charge on any atom is 0.327 e. The van der Waals surface area contributed by atoms with Crippen molar-refractivity contribution in [2.45, 2.75) is 6.42 Å². The number of halogens is 2. The van der Waals surface area contributed by atoms with Crippen molar-refractivity contribution < 1.29 is 13.8 Å². The molecule has 0 radical (unpaired) electrons. The summed E-state index contributed by atoms with van der Waals surface area (Å²) in [5.74, 6) is -0.113. The molecule has 2 aromatic carbocycles. The molecule has 0 aliphatic rings. The number of hydrogen-bond donors (Lipinski definition) is 1.